The molecule has 6 heteroatoms. The molecule has 34 heavy (non-hydrogen) atoms. The first-order chi connectivity index (χ1) is 15.9. The number of benzene rings is 2. The van der Waals surface area contributed by atoms with Gasteiger partial charge in [0.15, 0.2) is 0 Å². The first kappa shape index (κ1) is 26.5. The predicted octanol–water partition coefficient (Wildman–Crippen LogP) is 7.59. The van der Waals surface area contributed by atoms with E-state index in [1.54, 1.807) is 0 Å². The Hall–Kier alpha value is -2.08. The number of Topliss-reactive ketones (excluding diaryl/α,β-unsaturated/α-hetero) is 2. The summed E-state index contributed by atoms with van der Waals surface area (Å²) in [6.07, 6.45) is -2.11. The molecule has 0 bridgehead atoms. The molecule has 184 valence electrons. The maximum absolute atomic E-state index is 13.4. The van der Waals surface area contributed by atoms with E-state index in [4.69, 9.17) is 0 Å². The molecule has 2 nitrogen and oxygen atoms in total. The lowest BCUT2D eigenvalue weighted by Crippen LogP contribution is -2.39. The van der Waals surface area contributed by atoms with E-state index in [1.807, 2.05) is 20.8 Å². The summed E-state index contributed by atoms with van der Waals surface area (Å²) in [5.74, 6) is -0.185. The quantitative estimate of drug-likeness (QED) is 0.296. The monoisotopic (exact) mass is 490 g/mol. The molecule has 0 aliphatic heterocycles. The number of alkyl halides is 3. The van der Waals surface area contributed by atoms with Crippen LogP contribution in [0.15, 0.2) is 41.3 Å². The van der Waals surface area contributed by atoms with Crippen molar-refractivity contribution in [3.63, 3.8) is 0 Å². The molecular formula is C28H33F3O2S. The number of hydrogen-bond acceptors (Lipinski definition) is 3. The van der Waals surface area contributed by atoms with E-state index in [-0.39, 0.29) is 22.9 Å². The third-order valence-corrected chi connectivity index (χ3v) is 8.48. The Morgan fingerprint density at radius 1 is 0.912 bits per heavy atom. The molecule has 0 aromatic heterocycles. The highest BCUT2D eigenvalue weighted by atomic mass is 32.2. The van der Waals surface area contributed by atoms with Gasteiger partial charge in [0, 0.05) is 23.5 Å². The molecule has 2 aromatic carbocycles. The van der Waals surface area contributed by atoms with Crippen LogP contribution >= 0.6 is 11.8 Å². The smallest absolute Gasteiger partial charge is 0.299 e. The molecule has 0 saturated heterocycles. The Bertz CT molecular complexity index is 1010. The van der Waals surface area contributed by atoms with Gasteiger partial charge < -0.3 is 0 Å². The van der Waals surface area contributed by atoms with Crippen molar-refractivity contribution >= 4 is 23.3 Å². The molecule has 0 atom stereocenters. The van der Waals surface area contributed by atoms with Crippen molar-refractivity contribution in [1.82, 2.24) is 0 Å². The molecule has 0 heterocycles. The fourth-order valence-electron chi connectivity index (χ4n) is 4.88. The van der Waals surface area contributed by atoms with Gasteiger partial charge in [-0.1, -0.05) is 45.4 Å². The first-order valence-corrected chi connectivity index (χ1v) is 12.8. The predicted molar refractivity (Wildman–Crippen MR) is 131 cm³/mol. The van der Waals surface area contributed by atoms with E-state index in [0.717, 1.165) is 52.1 Å². The summed E-state index contributed by atoms with van der Waals surface area (Å²) in [6, 6.07) is 9.31. The van der Waals surface area contributed by atoms with Crippen molar-refractivity contribution in [2.45, 2.75) is 77.3 Å². The zero-order valence-electron chi connectivity index (χ0n) is 20.5. The van der Waals surface area contributed by atoms with Crippen LogP contribution in [0.25, 0.3) is 0 Å². The average Bonchev–Trinajstić information content (AvgIpc) is 2.77. The van der Waals surface area contributed by atoms with Gasteiger partial charge in [0.05, 0.1) is 5.56 Å². The van der Waals surface area contributed by atoms with E-state index in [0.29, 0.717) is 18.6 Å². The molecule has 1 aliphatic rings. The first-order valence-electron chi connectivity index (χ1n) is 11.8. The normalized spacial score (nSPS) is 19.5. The van der Waals surface area contributed by atoms with E-state index >= 15 is 0 Å². The van der Waals surface area contributed by atoms with Gasteiger partial charge in [-0.25, -0.2) is 0 Å². The van der Waals surface area contributed by atoms with E-state index in [9.17, 15) is 22.8 Å². The van der Waals surface area contributed by atoms with Crippen LogP contribution in [0.3, 0.4) is 0 Å². The zero-order chi connectivity index (χ0) is 25.3. The number of carbonyl (C=O) groups is 2. The van der Waals surface area contributed by atoms with Gasteiger partial charge in [-0.2, -0.15) is 13.2 Å². The molecule has 1 aliphatic carbocycles. The largest absolute Gasteiger partial charge is 0.416 e. The summed E-state index contributed by atoms with van der Waals surface area (Å²) in [5, 5.41) is 0. The second-order valence-corrected chi connectivity index (χ2v) is 11.0. The number of thioether (sulfide) groups is 1. The summed E-state index contributed by atoms with van der Waals surface area (Å²) in [5.41, 5.74) is 3.24. The molecule has 0 radical (unpaired) electrons. The number of aryl methyl sites for hydroxylation is 3. The van der Waals surface area contributed by atoms with Crippen LogP contribution < -0.4 is 0 Å². The fourth-order valence-corrected chi connectivity index (χ4v) is 5.99. The SMILES string of the molecule is CCc1cc(C)cc(CC)c1C1C(=O)CC(C(C)(C)CSc2ccc(C(F)(F)F)cc2)CC1=O. The van der Waals surface area contributed by atoms with E-state index < -0.39 is 17.7 Å². The summed E-state index contributed by atoms with van der Waals surface area (Å²) in [6.45, 7) is 10.2. The molecule has 1 saturated carbocycles. The van der Waals surface area contributed by atoms with Crippen molar-refractivity contribution in [2.75, 3.05) is 5.75 Å². The highest BCUT2D eigenvalue weighted by Crippen LogP contribution is 2.44. The number of rotatable bonds is 7. The molecule has 2 aromatic rings. The highest BCUT2D eigenvalue weighted by molar-refractivity contribution is 7.99. The maximum Gasteiger partial charge on any atom is 0.416 e. The van der Waals surface area contributed by atoms with Crippen LogP contribution in [0.4, 0.5) is 13.2 Å². The molecule has 1 fully saturated rings. The van der Waals surface area contributed by atoms with Crippen LogP contribution in [0.2, 0.25) is 0 Å². The Balaban J connectivity index is 1.75. The van der Waals surface area contributed by atoms with Gasteiger partial charge in [-0.05, 0) is 72.1 Å². The van der Waals surface area contributed by atoms with Gasteiger partial charge >= 0.3 is 6.18 Å². The minimum atomic E-state index is -4.35. The lowest BCUT2D eigenvalue weighted by molar-refractivity contribution is -0.138. The van der Waals surface area contributed by atoms with Crippen LogP contribution in [0.1, 0.15) is 74.3 Å². The fraction of sp³-hybridized carbons (Fsp3) is 0.500. The number of ketones is 2. The summed E-state index contributed by atoms with van der Waals surface area (Å²) in [7, 11) is 0. The van der Waals surface area contributed by atoms with Crippen LogP contribution in [-0.4, -0.2) is 17.3 Å². The minimum absolute atomic E-state index is 0.0119. The van der Waals surface area contributed by atoms with E-state index in [1.165, 1.54) is 23.9 Å². The Kier molecular flexibility index (Phi) is 8.01. The molecule has 0 unspecified atom stereocenters. The minimum Gasteiger partial charge on any atom is -0.299 e. The van der Waals surface area contributed by atoms with Crippen LogP contribution in [0, 0.1) is 18.3 Å². The lowest BCUT2D eigenvalue weighted by atomic mass is 9.66. The van der Waals surface area contributed by atoms with Crippen molar-refractivity contribution in [2.24, 2.45) is 11.3 Å². The van der Waals surface area contributed by atoms with Gasteiger partial charge in [-0.15, -0.1) is 11.8 Å². The Labute approximate surface area is 204 Å². The number of hydrogen-bond donors (Lipinski definition) is 0. The van der Waals surface area contributed by atoms with Gasteiger partial charge in [0.1, 0.15) is 17.5 Å². The van der Waals surface area contributed by atoms with Crippen LogP contribution in [-0.2, 0) is 28.6 Å². The van der Waals surface area contributed by atoms with Gasteiger partial charge in [0.25, 0.3) is 0 Å². The second kappa shape index (κ2) is 10.3. The topological polar surface area (TPSA) is 34.1 Å². The molecule has 0 amide bonds. The van der Waals surface area contributed by atoms with Crippen molar-refractivity contribution in [3.05, 3.63) is 64.2 Å². The molecule has 0 spiro atoms. The summed E-state index contributed by atoms with van der Waals surface area (Å²) < 4.78 is 38.4. The average molecular weight is 491 g/mol. The number of carbonyl (C=O) groups excluding carboxylic acids is 2. The third-order valence-electron chi connectivity index (χ3n) is 6.98. The Morgan fingerprint density at radius 3 is 1.85 bits per heavy atom. The molecule has 0 N–H and O–H groups in total. The van der Waals surface area contributed by atoms with Crippen LogP contribution in [0.5, 0.6) is 0 Å². The summed E-state index contributed by atoms with van der Waals surface area (Å²) >= 11 is 1.46. The number of halogens is 3. The third kappa shape index (κ3) is 5.76. The molecule has 3 rings (SSSR count). The van der Waals surface area contributed by atoms with Crippen molar-refractivity contribution < 1.29 is 22.8 Å². The Morgan fingerprint density at radius 2 is 1.41 bits per heavy atom. The highest BCUT2D eigenvalue weighted by Gasteiger charge is 2.43. The maximum atomic E-state index is 13.4. The van der Waals surface area contributed by atoms with Gasteiger partial charge in [0.2, 0.25) is 0 Å². The standard InChI is InChI=1S/C28H33F3O2S/c1-6-18-12-17(3)13-19(7-2)25(18)26-23(32)14-21(15-24(26)33)27(4,5)16-34-22-10-8-20(9-11-22)28(29,30)31/h8-13,21,26H,6-7,14-16H2,1-5H3. The molecular weight excluding hydrogens is 457 g/mol. The second-order valence-electron chi connectivity index (χ2n) is 9.97. The zero-order valence-corrected chi connectivity index (χ0v) is 21.3. The van der Waals surface area contributed by atoms with E-state index in [2.05, 4.69) is 26.0 Å². The summed E-state index contributed by atoms with van der Waals surface area (Å²) in [4.78, 5) is 27.5. The lowest BCUT2D eigenvalue weighted by Gasteiger charge is -2.38. The van der Waals surface area contributed by atoms with Crippen molar-refractivity contribution in [1.29, 1.82) is 0 Å². The van der Waals surface area contributed by atoms with Gasteiger partial charge in [-0.3, -0.25) is 9.59 Å². The van der Waals surface area contributed by atoms with Crippen molar-refractivity contribution in [3.8, 4) is 0 Å².